The molecule has 3 rings (SSSR count). The normalized spacial score (nSPS) is 24.8. The molecule has 0 saturated carbocycles. The Balaban J connectivity index is 0.000000632. The lowest BCUT2D eigenvalue weighted by Crippen LogP contribution is -3.00. The number of pyridine rings is 1. The standard InChI is InChI=1S/C23H32N2O10.C16H27NO7.ClH/c1-11(2)21(28)34-16-10-32-9-14(23(30)33-13(5)19(16)35-22(29)12(3)4)25-20(27)17-18(26)15(31-6)7-8-24-17;1-8(2)14(18)23-12-7-21-6-11(17)16(20)22-10(5)13(12)24-15(19)9(3)4;/h7-8,11-14,16,19,26H,9-10H2,1-6H3,(H,25,27);8-13H,6-7,17H2,1-5H3;1H/t13-,14-,16-,19-;10-,11-,12-,13-;/m00./s1. The van der Waals surface area contributed by atoms with Crippen LogP contribution in [-0.2, 0) is 66.7 Å². The summed E-state index contributed by atoms with van der Waals surface area (Å²) in [5.41, 5.74) is 3.31. The molecule has 0 aromatic carbocycles. The zero-order valence-electron chi connectivity index (χ0n) is 35.9. The molecule has 2 aliphatic heterocycles. The first kappa shape index (κ1) is 53.2. The van der Waals surface area contributed by atoms with Crippen molar-refractivity contribution in [2.24, 2.45) is 23.7 Å². The fourth-order valence-electron chi connectivity index (χ4n) is 4.99. The summed E-state index contributed by atoms with van der Waals surface area (Å²) < 4.78 is 48.6. The van der Waals surface area contributed by atoms with Crippen molar-refractivity contribution in [3.8, 4) is 11.5 Å². The van der Waals surface area contributed by atoms with E-state index in [0.717, 1.165) is 0 Å². The largest absolute Gasteiger partial charge is 1.00 e. The average molecular weight is 878 g/mol. The smallest absolute Gasteiger partial charge is 0.367 e. The van der Waals surface area contributed by atoms with Crippen molar-refractivity contribution in [2.75, 3.05) is 33.5 Å². The molecule has 21 heteroatoms. The van der Waals surface area contributed by atoms with Gasteiger partial charge in [0.25, 0.3) is 5.91 Å². The van der Waals surface area contributed by atoms with E-state index in [2.05, 4.69) is 16.0 Å². The predicted octanol–water partition coefficient (Wildman–Crippen LogP) is -2.31. The minimum atomic E-state index is -1.29. The van der Waals surface area contributed by atoms with Gasteiger partial charge in [-0.05, 0) is 13.8 Å². The maximum atomic E-state index is 12.8. The summed E-state index contributed by atoms with van der Waals surface area (Å²) in [6.45, 7) is 15.8. The second-order valence-corrected chi connectivity index (χ2v) is 15.2. The zero-order chi connectivity index (χ0) is 44.7. The molecule has 60 heavy (non-hydrogen) atoms. The molecule has 20 nitrogen and oxygen atoms in total. The Hall–Kier alpha value is -4.79. The lowest BCUT2D eigenvalue weighted by Gasteiger charge is -2.30. The Morgan fingerprint density at radius 2 is 1.13 bits per heavy atom. The summed E-state index contributed by atoms with van der Waals surface area (Å²) >= 11 is 0. The van der Waals surface area contributed by atoms with Crippen molar-refractivity contribution in [3.05, 3.63) is 18.0 Å². The van der Waals surface area contributed by atoms with E-state index in [1.54, 1.807) is 62.3 Å². The van der Waals surface area contributed by atoms with Gasteiger partial charge in [0.05, 0.1) is 50.6 Å². The molecule has 2 saturated heterocycles. The van der Waals surface area contributed by atoms with Gasteiger partial charge < -0.3 is 71.2 Å². The van der Waals surface area contributed by atoms with Crippen LogP contribution in [0.1, 0.15) is 79.7 Å². The molecule has 2 fully saturated rings. The van der Waals surface area contributed by atoms with Gasteiger partial charge in [0, 0.05) is 12.3 Å². The molecule has 0 radical (unpaired) electrons. The van der Waals surface area contributed by atoms with E-state index >= 15 is 0 Å². The van der Waals surface area contributed by atoms with Crippen molar-refractivity contribution in [1.29, 1.82) is 0 Å². The van der Waals surface area contributed by atoms with E-state index in [1.807, 2.05) is 0 Å². The molecule has 2 aliphatic rings. The molecule has 340 valence electrons. The first-order valence-corrected chi connectivity index (χ1v) is 19.3. The highest BCUT2D eigenvalue weighted by atomic mass is 35.5. The number of quaternary nitrogens is 1. The molecule has 0 aliphatic carbocycles. The van der Waals surface area contributed by atoms with Gasteiger partial charge >= 0.3 is 35.8 Å². The van der Waals surface area contributed by atoms with E-state index in [0.29, 0.717) is 0 Å². The minimum Gasteiger partial charge on any atom is -1.00 e. The van der Waals surface area contributed by atoms with Gasteiger partial charge in [-0.25, -0.2) is 14.6 Å². The molecule has 1 aromatic rings. The van der Waals surface area contributed by atoms with Crippen molar-refractivity contribution in [1.82, 2.24) is 10.3 Å². The number of nitrogens with zero attached hydrogens (tertiary/aromatic N) is 1. The van der Waals surface area contributed by atoms with E-state index < -0.39 is 108 Å². The van der Waals surface area contributed by atoms with Gasteiger partial charge in [-0.2, -0.15) is 0 Å². The molecule has 3 heterocycles. The van der Waals surface area contributed by atoms with Crippen LogP contribution < -0.4 is 28.2 Å². The first-order valence-electron chi connectivity index (χ1n) is 19.3. The summed E-state index contributed by atoms with van der Waals surface area (Å²) in [5.74, 6) is -6.49. The molecule has 1 amide bonds. The van der Waals surface area contributed by atoms with E-state index in [-0.39, 0.29) is 62.1 Å². The maximum Gasteiger partial charge on any atom is 0.367 e. The molecule has 5 N–H and O–H groups in total. The molecule has 0 unspecified atom stereocenters. The lowest BCUT2D eigenvalue weighted by molar-refractivity contribution is -0.415. The second kappa shape index (κ2) is 25.1. The van der Waals surface area contributed by atoms with E-state index in [4.69, 9.17) is 42.6 Å². The van der Waals surface area contributed by atoms with Crippen LogP contribution in [0.5, 0.6) is 11.5 Å². The van der Waals surface area contributed by atoms with Crippen molar-refractivity contribution < 1.29 is 99.4 Å². The van der Waals surface area contributed by atoms with E-state index in [9.17, 15) is 38.7 Å². The summed E-state index contributed by atoms with van der Waals surface area (Å²) in [6.07, 6.45) is -4.60. The Bertz CT molecular complexity index is 1620. The van der Waals surface area contributed by atoms with Crippen LogP contribution in [0.2, 0.25) is 0 Å². The minimum absolute atomic E-state index is 0. The third kappa shape index (κ3) is 16.0. The molecule has 8 atom stereocenters. The second-order valence-electron chi connectivity index (χ2n) is 15.2. The van der Waals surface area contributed by atoms with Gasteiger partial charge in [-0.15, -0.1) is 0 Å². The fraction of sp³-hybridized carbons (Fsp3) is 0.692. The summed E-state index contributed by atoms with van der Waals surface area (Å²) in [4.78, 5) is 89.8. The summed E-state index contributed by atoms with van der Waals surface area (Å²) in [7, 11) is 1.31. The Morgan fingerprint density at radius 1 is 0.717 bits per heavy atom. The van der Waals surface area contributed by atoms with Crippen LogP contribution in [-0.4, -0.2) is 134 Å². The van der Waals surface area contributed by atoms with Crippen molar-refractivity contribution in [2.45, 2.75) is 118 Å². The van der Waals surface area contributed by atoms with Gasteiger partial charge in [-0.1, -0.05) is 55.4 Å². The first-order chi connectivity index (χ1) is 27.6. The number of carbonyl (C=O) groups excluding carboxylic acids is 7. The highest BCUT2D eigenvalue weighted by Gasteiger charge is 2.41. The third-order valence-corrected chi connectivity index (χ3v) is 8.60. The van der Waals surface area contributed by atoms with Crippen molar-refractivity contribution >= 4 is 41.7 Å². The third-order valence-electron chi connectivity index (χ3n) is 8.60. The molecule has 0 spiro atoms. The van der Waals surface area contributed by atoms with Gasteiger partial charge in [0.1, 0.15) is 18.8 Å². The van der Waals surface area contributed by atoms with Gasteiger partial charge in [0.15, 0.2) is 47.7 Å². The van der Waals surface area contributed by atoms with Crippen LogP contribution in [0.3, 0.4) is 0 Å². The molecule has 1 aromatic heterocycles. The zero-order valence-corrected chi connectivity index (χ0v) is 36.7. The van der Waals surface area contributed by atoms with Crippen LogP contribution in [0, 0.1) is 23.7 Å². The van der Waals surface area contributed by atoms with Crippen LogP contribution >= 0.6 is 0 Å². The number of ether oxygens (including phenoxy) is 9. The lowest BCUT2D eigenvalue weighted by atomic mass is 10.1. The van der Waals surface area contributed by atoms with Crippen LogP contribution in [0.4, 0.5) is 0 Å². The summed E-state index contributed by atoms with van der Waals surface area (Å²) in [5, 5.41) is 12.6. The quantitative estimate of drug-likeness (QED) is 0.156. The number of carbonyl (C=O) groups is 7. The van der Waals surface area contributed by atoms with Crippen LogP contribution in [0.25, 0.3) is 0 Å². The number of halogens is 1. The Kier molecular flexibility index (Phi) is 22.3. The van der Waals surface area contributed by atoms with Crippen LogP contribution in [0.15, 0.2) is 12.3 Å². The number of rotatable bonds is 11. The molecular formula is C39H60ClN3O17. The highest BCUT2D eigenvalue weighted by molar-refractivity contribution is 5.98. The number of methoxy groups -OCH3 is 1. The number of amides is 1. The topological polar surface area (TPSA) is 275 Å². The predicted molar refractivity (Wildman–Crippen MR) is 202 cm³/mol. The molecule has 0 bridgehead atoms. The van der Waals surface area contributed by atoms with E-state index in [1.165, 1.54) is 26.3 Å². The summed E-state index contributed by atoms with van der Waals surface area (Å²) in [6, 6.07) is -0.630. The number of hydrogen-bond acceptors (Lipinski definition) is 18. The Morgan fingerprint density at radius 3 is 1.57 bits per heavy atom. The average Bonchev–Trinajstić information content (AvgIpc) is 3.24. The number of nitrogens with one attached hydrogen (secondary N) is 1. The van der Waals surface area contributed by atoms with Gasteiger partial charge in [-0.3, -0.25) is 24.0 Å². The Labute approximate surface area is 355 Å². The number of aromatic hydroxyl groups is 1. The number of esters is 6. The SMILES string of the molecule is CC(C)C(=O)O[C@H]1[C@H](C)OC(=O)[C@@H]([NH3+])COC[C@@H]1OC(=O)C(C)C.COc1ccnc(C(=O)N[C@H]2COC[C@H](OC(=O)C(C)C)[C@@H](OC(=O)C(C)C)[C@H](C)OC2=O)c1O.[Cl-]. The number of cyclic esters (lactones) is 2. The number of hydrogen-bond donors (Lipinski definition) is 3. The number of aromatic nitrogens is 1. The highest BCUT2D eigenvalue weighted by Crippen LogP contribution is 2.28. The monoisotopic (exact) mass is 877 g/mol. The fourth-order valence-corrected chi connectivity index (χ4v) is 4.99. The van der Waals surface area contributed by atoms with Gasteiger partial charge in [0.2, 0.25) is 6.04 Å². The van der Waals surface area contributed by atoms with Crippen molar-refractivity contribution in [3.63, 3.8) is 0 Å². The maximum absolute atomic E-state index is 12.8. The molecular weight excluding hydrogens is 818 g/mol.